The van der Waals surface area contributed by atoms with E-state index in [1.54, 1.807) is 19.1 Å². The first-order valence-electron chi connectivity index (χ1n) is 5.74. The summed E-state index contributed by atoms with van der Waals surface area (Å²) in [5, 5.41) is 3.28. The molecule has 88 valence electrons. The van der Waals surface area contributed by atoms with Crippen LogP contribution in [0.2, 0.25) is 0 Å². The molecule has 3 nitrogen and oxygen atoms in total. The average molecular weight is 232 g/mol. The number of hydrogen-bond acceptors (Lipinski definition) is 1. The van der Waals surface area contributed by atoms with Gasteiger partial charge < -0.3 is 10.3 Å². The van der Waals surface area contributed by atoms with Gasteiger partial charge in [0.15, 0.2) is 0 Å². The number of rotatable bonds is 2. The molecule has 0 bridgehead atoms. The summed E-state index contributed by atoms with van der Waals surface area (Å²) < 4.78 is 13.8. The summed E-state index contributed by atoms with van der Waals surface area (Å²) in [5.41, 5.74) is 1.82. The molecule has 1 aromatic heterocycles. The molecule has 1 fully saturated rings. The highest BCUT2D eigenvalue weighted by molar-refractivity contribution is 6.08. The number of aromatic amines is 1. The molecule has 1 aromatic carbocycles. The van der Waals surface area contributed by atoms with Gasteiger partial charge in [-0.2, -0.15) is 0 Å². The maximum atomic E-state index is 13.8. The molecule has 1 amide bonds. The summed E-state index contributed by atoms with van der Waals surface area (Å²) in [5.74, 6) is -0.533. The zero-order valence-electron chi connectivity index (χ0n) is 9.51. The van der Waals surface area contributed by atoms with E-state index in [1.165, 1.54) is 6.07 Å². The lowest BCUT2D eigenvalue weighted by molar-refractivity contribution is 0.0952. The van der Waals surface area contributed by atoms with Crippen LogP contribution in [0.1, 0.15) is 28.9 Å². The van der Waals surface area contributed by atoms with Gasteiger partial charge in [-0.3, -0.25) is 4.79 Å². The normalized spacial score (nSPS) is 15.2. The highest BCUT2D eigenvalue weighted by atomic mass is 19.1. The minimum absolute atomic E-state index is 0.179. The first-order chi connectivity index (χ1) is 8.16. The van der Waals surface area contributed by atoms with Crippen molar-refractivity contribution >= 4 is 16.8 Å². The van der Waals surface area contributed by atoms with E-state index in [1.807, 2.05) is 0 Å². The Kier molecular flexibility index (Phi) is 2.18. The molecule has 0 saturated heterocycles. The van der Waals surface area contributed by atoms with E-state index in [4.69, 9.17) is 0 Å². The molecule has 1 aliphatic rings. The number of H-pyrrole nitrogens is 1. The zero-order chi connectivity index (χ0) is 12.0. The van der Waals surface area contributed by atoms with Crippen molar-refractivity contribution in [2.24, 2.45) is 0 Å². The molecule has 1 saturated carbocycles. The molecule has 4 heteroatoms. The molecule has 1 aliphatic carbocycles. The Morgan fingerprint density at radius 1 is 1.47 bits per heavy atom. The van der Waals surface area contributed by atoms with E-state index < -0.39 is 0 Å². The number of fused-ring (bicyclic) bond motifs is 1. The van der Waals surface area contributed by atoms with Gasteiger partial charge in [-0.05, 0) is 31.9 Å². The van der Waals surface area contributed by atoms with Gasteiger partial charge in [0.05, 0.1) is 5.56 Å². The van der Waals surface area contributed by atoms with E-state index in [0.29, 0.717) is 22.2 Å². The van der Waals surface area contributed by atoms with Crippen LogP contribution >= 0.6 is 0 Å². The molecule has 0 atom stereocenters. The third-order valence-corrected chi connectivity index (χ3v) is 3.10. The summed E-state index contributed by atoms with van der Waals surface area (Å²) in [7, 11) is 0. The van der Waals surface area contributed by atoms with Gasteiger partial charge in [0.1, 0.15) is 5.82 Å². The first-order valence-corrected chi connectivity index (χ1v) is 5.74. The van der Waals surface area contributed by atoms with E-state index in [2.05, 4.69) is 10.3 Å². The summed E-state index contributed by atoms with van der Waals surface area (Å²) in [6.07, 6.45) is 2.05. The van der Waals surface area contributed by atoms with Crippen LogP contribution in [0, 0.1) is 12.7 Å². The number of hydrogen-bond donors (Lipinski definition) is 2. The van der Waals surface area contributed by atoms with E-state index in [9.17, 15) is 9.18 Å². The quantitative estimate of drug-likeness (QED) is 0.821. The van der Waals surface area contributed by atoms with Crippen molar-refractivity contribution in [2.45, 2.75) is 25.8 Å². The Labute approximate surface area is 98.0 Å². The second kappa shape index (κ2) is 3.58. The van der Waals surface area contributed by atoms with Crippen LogP contribution in [0.25, 0.3) is 10.9 Å². The molecule has 2 N–H and O–H groups in total. The Morgan fingerprint density at radius 3 is 2.94 bits per heavy atom. The summed E-state index contributed by atoms with van der Waals surface area (Å²) in [4.78, 5) is 15.1. The van der Waals surface area contributed by atoms with Gasteiger partial charge in [0.2, 0.25) is 0 Å². The maximum Gasteiger partial charge on any atom is 0.254 e. The molecule has 0 radical (unpaired) electrons. The molecule has 1 heterocycles. The zero-order valence-corrected chi connectivity index (χ0v) is 9.51. The molecule has 0 spiro atoms. The third-order valence-electron chi connectivity index (χ3n) is 3.10. The lowest BCUT2D eigenvalue weighted by atomic mass is 10.1. The Morgan fingerprint density at radius 2 is 2.24 bits per heavy atom. The van der Waals surface area contributed by atoms with Crippen molar-refractivity contribution in [3.8, 4) is 0 Å². The van der Waals surface area contributed by atoms with E-state index in [-0.39, 0.29) is 17.8 Å². The Bertz CT molecular complexity index is 599. The number of aromatic nitrogens is 1. The molecule has 17 heavy (non-hydrogen) atoms. The van der Waals surface area contributed by atoms with Gasteiger partial charge in [-0.15, -0.1) is 0 Å². The lowest BCUT2D eigenvalue weighted by Gasteiger charge is -2.03. The predicted octanol–water partition coefficient (Wildman–Crippen LogP) is 2.51. The lowest BCUT2D eigenvalue weighted by Crippen LogP contribution is -2.25. The number of benzene rings is 1. The number of carbonyl (C=O) groups excluding carboxylic acids is 1. The van der Waals surface area contributed by atoms with Gasteiger partial charge in [0.25, 0.3) is 5.91 Å². The number of nitrogens with one attached hydrogen (secondary N) is 2. The predicted molar refractivity (Wildman–Crippen MR) is 63.5 cm³/mol. The number of halogens is 1. The molecular formula is C13H13FN2O. The van der Waals surface area contributed by atoms with E-state index >= 15 is 0 Å². The van der Waals surface area contributed by atoms with E-state index in [0.717, 1.165) is 12.8 Å². The van der Waals surface area contributed by atoms with Crippen LogP contribution in [0.4, 0.5) is 4.39 Å². The summed E-state index contributed by atoms with van der Waals surface area (Å²) >= 11 is 0. The van der Waals surface area contributed by atoms with Crippen LogP contribution < -0.4 is 5.32 Å². The third kappa shape index (κ3) is 1.69. The highest BCUT2D eigenvalue weighted by Gasteiger charge is 2.26. The fourth-order valence-corrected chi connectivity index (χ4v) is 2.10. The summed E-state index contributed by atoms with van der Waals surface area (Å²) in [6.45, 7) is 1.79. The smallest absolute Gasteiger partial charge is 0.254 e. The van der Waals surface area contributed by atoms with Crippen LogP contribution in [0.5, 0.6) is 0 Å². The fraction of sp³-hybridized carbons (Fsp3) is 0.308. The minimum Gasteiger partial charge on any atom is -0.358 e. The molecule has 3 rings (SSSR count). The molecule has 2 aromatic rings. The summed E-state index contributed by atoms with van der Waals surface area (Å²) in [6, 6.07) is 5.07. The van der Waals surface area contributed by atoms with Crippen LogP contribution in [0.3, 0.4) is 0 Å². The highest BCUT2D eigenvalue weighted by Crippen LogP contribution is 2.26. The van der Waals surface area contributed by atoms with Crippen LogP contribution in [-0.2, 0) is 0 Å². The first kappa shape index (κ1) is 10.3. The van der Waals surface area contributed by atoms with Crippen molar-refractivity contribution in [1.82, 2.24) is 10.3 Å². The molecule has 0 aliphatic heterocycles. The van der Waals surface area contributed by atoms with Gasteiger partial charge in [0, 0.05) is 22.6 Å². The SMILES string of the molecule is Cc1[nH]c2cccc(F)c2c1C(=O)NC1CC1. The monoisotopic (exact) mass is 232 g/mol. The van der Waals surface area contributed by atoms with Crippen molar-refractivity contribution in [3.05, 3.63) is 35.3 Å². The number of amides is 1. The Hall–Kier alpha value is -1.84. The topological polar surface area (TPSA) is 44.9 Å². The van der Waals surface area contributed by atoms with Gasteiger partial charge >= 0.3 is 0 Å². The fourth-order valence-electron chi connectivity index (χ4n) is 2.10. The maximum absolute atomic E-state index is 13.8. The number of carbonyl (C=O) groups is 1. The minimum atomic E-state index is -0.354. The van der Waals surface area contributed by atoms with Crippen molar-refractivity contribution in [3.63, 3.8) is 0 Å². The standard InChI is InChI=1S/C13H13FN2O/c1-7-11(13(17)16-8-5-6-8)12-9(14)3-2-4-10(12)15-7/h2-4,8,15H,5-6H2,1H3,(H,16,17). The average Bonchev–Trinajstić information content (AvgIpc) is 3.00. The van der Waals surface area contributed by atoms with Crippen LogP contribution in [0.15, 0.2) is 18.2 Å². The van der Waals surface area contributed by atoms with Gasteiger partial charge in [-0.25, -0.2) is 4.39 Å². The molecule has 0 unspecified atom stereocenters. The van der Waals surface area contributed by atoms with Crippen molar-refractivity contribution in [2.75, 3.05) is 0 Å². The second-order valence-corrected chi connectivity index (χ2v) is 4.54. The number of aryl methyl sites for hydroxylation is 1. The largest absolute Gasteiger partial charge is 0.358 e. The van der Waals surface area contributed by atoms with Gasteiger partial charge in [-0.1, -0.05) is 6.07 Å². The van der Waals surface area contributed by atoms with Crippen LogP contribution in [-0.4, -0.2) is 16.9 Å². The second-order valence-electron chi connectivity index (χ2n) is 4.54. The molecular weight excluding hydrogens is 219 g/mol. The Balaban J connectivity index is 2.13. The van der Waals surface area contributed by atoms with Crippen molar-refractivity contribution in [1.29, 1.82) is 0 Å². The van der Waals surface area contributed by atoms with Crippen molar-refractivity contribution < 1.29 is 9.18 Å².